The van der Waals surface area contributed by atoms with Crippen molar-refractivity contribution in [2.45, 2.75) is 26.3 Å². The van der Waals surface area contributed by atoms with Crippen molar-refractivity contribution in [3.8, 4) is 11.5 Å². The molecule has 0 bridgehead atoms. The van der Waals surface area contributed by atoms with Crippen LogP contribution in [0.1, 0.15) is 31.5 Å². The molecule has 0 atom stereocenters. The van der Waals surface area contributed by atoms with Crippen molar-refractivity contribution in [1.29, 1.82) is 0 Å². The normalized spacial score (nSPS) is 15.7. The molecule has 4 rings (SSSR count). The van der Waals surface area contributed by atoms with Gasteiger partial charge >= 0.3 is 0 Å². The standard InChI is InChI=1S/C18H22N6O2/c1-13(2)18-19-17(26-22-18)12-23-7-9-24(10-8-23)16-6-5-14(20-21-16)15-4-3-11-25-15/h3-6,11,13H,7-10,12H2,1-2H3. The first-order valence-electron chi connectivity index (χ1n) is 8.86. The van der Waals surface area contributed by atoms with Gasteiger partial charge in [0.2, 0.25) is 5.89 Å². The van der Waals surface area contributed by atoms with Gasteiger partial charge in [0.15, 0.2) is 17.4 Å². The molecule has 26 heavy (non-hydrogen) atoms. The predicted molar refractivity (Wildman–Crippen MR) is 95.6 cm³/mol. The average Bonchev–Trinajstić information content (AvgIpc) is 3.35. The van der Waals surface area contributed by atoms with E-state index in [-0.39, 0.29) is 5.92 Å². The molecule has 1 saturated heterocycles. The second kappa shape index (κ2) is 7.25. The molecule has 1 fully saturated rings. The highest BCUT2D eigenvalue weighted by atomic mass is 16.5. The van der Waals surface area contributed by atoms with Crippen LogP contribution in [-0.4, -0.2) is 51.4 Å². The van der Waals surface area contributed by atoms with Crippen LogP contribution in [0.5, 0.6) is 0 Å². The molecule has 0 N–H and O–H groups in total. The maximum atomic E-state index is 5.35. The summed E-state index contributed by atoms with van der Waals surface area (Å²) in [5, 5.41) is 12.6. The van der Waals surface area contributed by atoms with Gasteiger partial charge in [-0.3, -0.25) is 4.90 Å². The van der Waals surface area contributed by atoms with E-state index in [0.717, 1.165) is 49.3 Å². The average molecular weight is 354 g/mol. The Hall–Kier alpha value is -2.74. The van der Waals surface area contributed by atoms with Gasteiger partial charge in [-0.15, -0.1) is 10.2 Å². The van der Waals surface area contributed by atoms with Crippen molar-refractivity contribution in [2.24, 2.45) is 0 Å². The maximum Gasteiger partial charge on any atom is 0.240 e. The number of nitrogens with zero attached hydrogens (tertiary/aromatic N) is 6. The van der Waals surface area contributed by atoms with E-state index in [4.69, 9.17) is 8.94 Å². The van der Waals surface area contributed by atoms with Crippen LogP contribution in [-0.2, 0) is 6.54 Å². The first-order chi connectivity index (χ1) is 12.7. The first kappa shape index (κ1) is 16.7. The predicted octanol–water partition coefficient (Wildman–Crippen LogP) is 2.57. The fourth-order valence-electron chi connectivity index (χ4n) is 2.94. The summed E-state index contributed by atoms with van der Waals surface area (Å²) in [4.78, 5) is 9.01. The Labute approximate surface area is 151 Å². The fourth-order valence-corrected chi connectivity index (χ4v) is 2.94. The van der Waals surface area contributed by atoms with Crippen molar-refractivity contribution >= 4 is 5.82 Å². The minimum absolute atomic E-state index is 0.284. The Kier molecular flexibility index (Phi) is 4.66. The summed E-state index contributed by atoms with van der Waals surface area (Å²) in [6.07, 6.45) is 1.64. The lowest BCUT2D eigenvalue weighted by Crippen LogP contribution is -2.46. The quantitative estimate of drug-likeness (QED) is 0.691. The van der Waals surface area contributed by atoms with Crippen molar-refractivity contribution < 1.29 is 8.94 Å². The van der Waals surface area contributed by atoms with Gasteiger partial charge < -0.3 is 13.8 Å². The number of furan rings is 1. The second-order valence-electron chi connectivity index (χ2n) is 6.72. The zero-order valence-corrected chi connectivity index (χ0v) is 15.0. The molecule has 136 valence electrons. The van der Waals surface area contributed by atoms with E-state index in [9.17, 15) is 0 Å². The highest BCUT2D eigenvalue weighted by molar-refractivity contribution is 5.53. The minimum Gasteiger partial charge on any atom is -0.463 e. The van der Waals surface area contributed by atoms with Gasteiger partial charge in [0.25, 0.3) is 0 Å². The highest BCUT2D eigenvalue weighted by Gasteiger charge is 2.21. The van der Waals surface area contributed by atoms with Crippen molar-refractivity contribution in [3.05, 3.63) is 42.2 Å². The van der Waals surface area contributed by atoms with Gasteiger partial charge in [0, 0.05) is 32.1 Å². The highest BCUT2D eigenvalue weighted by Crippen LogP contribution is 2.20. The first-order valence-corrected chi connectivity index (χ1v) is 8.86. The van der Waals surface area contributed by atoms with Crippen molar-refractivity contribution in [3.63, 3.8) is 0 Å². The number of piperazine rings is 1. The lowest BCUT2D eigenvalue weighted by Gasteiger charge is -2.34. The van der Waals surface area contributed by atoms with Gasteiger partial charge in [0.1, 0.15) is 5.69 Å². The lowest BCUT2D eigenvalue weighted by atomic mass is 10.2. The third kappa shape index (κ3) is 3.60. The number of hydrogen-bond donors (Lipinski definition) is 0. The van der Waals surface area contributed by atoms with E-state index in [0.29, 0.717) is 12.4 Å². The van der Waals surface area contributed by atoms with Gasteiger partial charge in [-0.1, -0.05) is 19.0 Å². The summed E-state index contributed by atoms with van der Waals surface area (Å²) >= 11 is 0. The van der Waals surface area contributed by atoms with E-state index >= 15 is 0 Å². The lowest BCUT2D eigenvalue weighted by molar-refractivity contribution is 0.215. The fraction of sp³-hybridized carbons (Fsp3) is 0.444. The van der Waals surface area contributed by atoms with E-state index in [2.05, 4.69) is 44.0 Å². The SMILES string of the molecule is CC(C)c1noc(CN2CCN(c3ccc(-c4ccco4)nn3)CC2)n1. The summed E-state index contributed by atoms with van der Waals surface area (Å²) in [7, 11) is 0. The molecule has 0 spiro atoms. The van der Waals surface area contributed by atoms with E-state index < -0.39 is 0 Å². The van der Waals surface area contributed by atoms with Gasteiger partial charge in [-0.25, -0.2) is 0 Å². The monoisotopic (exact) mass is 354 g/mol. The van der Waals surface area contributed by atoms with Crippen LogP contribution in [0.2, 0.25) is 0 Å². The smallest absolute Gasteiger partial charge is 0.240 e. The Morgan fingerprint density at radius 1 is 1.08 bits per heavy atom. The molecule has 1 aliphatic heterocycles. The van der Waals surface area contributed by atoms with Crippen LogP contribution in [0.4, 0.5) is 5.82 Å². The largest absolute Gasteiger partial charge is 0.463 e. The summed E-state index contributed by atoms with van der Waals surface area (Å²) in [6.45, 7) is 8.43. The molecule has 3 aromatic rings. The Bertz CT molecular complexity index is 820. The van der Waals surface area contributed by atoms with E-state index in [1.54, 1.807) is 6.26 Å². The molecular formula is C18H22N6O2. The van der Waals surface area contributed by atoms with Crippen molar-refractivity contribution in [2.75, 3.05) is 31.1 Å². The molecule has 0 amide bonds. The third-order valence-corrected chi connectivity index (χ3v) is 4.48. The van der Waals surface area contributed by atoms with Crippen molar-refractivity contribution in [1.82, 2.24) is 25.2 Å². The molecule has 3 aromatic heterocycles. The molecule has 0 saturated carbocycles. The Morgan fingerprint density at radius 2 is 1.92 bits per heavy atom. The molecule has 1 aliphatic rings. The number of anilines is 1. The molecule has 0 aliphatic carbocycles. The van der Waals surface area contributed by atoms with Crippen LogP contribution >= 0.6 is 0 Å². The molecule has 0 unspecified atom stereocenters. The summed E-state index contributed by atoms with van der Waals surface area (Å²) in [6, 6.07) is 7.66. The second-order valence-corrected chi connectivity index (χ2v) is 6.72. The summed E-state index contributed by atoms with van der Waals surface area (Å²) in [5.74, 6) is 3.36. The Balaban J connectivity index is 1.33. The van der Waals surface area contributed by atoms with Gasteiger partial charge in [-0.2, -0.15) is 4.98 Å². The van der Waals surface area contributed by atoms with Crippen LogP contribution < -0.4 is 4.90 Å². The Morgan fingerprint density at radius 3 is 2.54 bits per heavy atom. The topological polar surface area (TPSA) is 84.3 Å². The molecule has 0 radical (unpaired) electrons. The molecule has 4 heterocycles. The van der Waals surface area contributed by atoms with Gasteiger partial charge in [0.05, 0.1) is 12.8 Å². The summed E-state index contributed by atoms with van der Waals surface area (Å²) in [5.41, 5.74) is 0.745. The molecule has 8 heteroatoms. The number of aromatic nitrogens is 4. The number of rotatable bonds is 5. The van der Waals surface area contributed by atoms with E-state index in [1.165, 1.54) is 0 Å². The van der Waals surface area contributed by atoms with Crippen LogP contribution in [0.15, 0.2) is 39.5 Å². The minimum atomic E-state index is 0.284. The molecule has 0 aromatic carbocycles. The molecular weight excluding hydrogens is 332 g/mol. The van der Waals surface area contributed by atoms with E-state index in [1.807, 2.05) is 24.3 Å². The van der Waals surface area contributed by atoms with Crippen LogP contribution in [0.25, 0.3) is 11.5 Å². The molecule has 8 nitrogen and oxygen atoms in total. The third-order valence-electron chi connectivity index (χ3n) is 4.48. The number of hydrogen-bond acceptors (Lipinski definition) is 8. The summed E-state index contributed by atoms with van der Waals surface area (Å²) < 4.78 is 10.7. The van der Waals surface area contributed by atoms with Crippen LogP contribution in [0.3, 0.4) is 0 Å². The van der Waals surface area contributed by atoms with Crippen LogP contribution in [0, 0.1) is 0 Å². The van der Waals surface area contributed by atoms with Gasteiger partial charge in [-0.05, 0) is 24.3 Å². The maximum absolute atomic E-state index is 5.35. The zero-order chi connectivity index (χ0) is 17.9. The zero-order valence-electron chi connectivity index (χ0n) is 15.0.